The topological polar surface area (TPSA) is 38.3 Å². The molecule has 0 saturated heterocycles. The van der Waals surface area contributed by atoms with Gasteiger partial charge in [0.05, 0.1) is 6.54 Å². The van der Waals surface area contributed by atoms with E-state index >= 15 is 0 Å². The monoisotopic (exact) mass is 333 g/mol. The summed E-state index contributed by atoms with van der Waals surface area (Å²) in [6.07, 6.45) is 0. The fraction of sp³-hybridized carbons (Fsp3) is 0.0952. The van der Waals surface area contributed by atoms with Crippen LogP contribution in [0.2, 0.25) is 0 Å². The number of fused-ring (bicyclic) bond motifs is 1. The number of carbonyl (C=O) groups excluding carboxylic acids is 1. The molecule has 124 valence electrons. The van der Waals surface area contributed by atoms with E-state index in [1.165, 1.54) is 12.1 Å². The van der Waals surface area contributed by atoms with Gasteiger partial charge in [-0.05, 0) is 47.2 Å². The molecule has 3 rings (SSSR count). The van der Waals surface area contributed by atoms with Gasteiger partial charge < -0.3 is 10.1 Å². The van der Waals surface area contributed by atoms with Gasteiger partial charge in [-0.2, -0.15) is 0 Å². The van der Waals surface area contributed by atoms with E-state index in [-0.39, 0.29) is 24.9 Å². The van der Waals surface area contributed by atoms with Gasteiger partial charge in [-0.3, -0.25) is 4.79 Å². The Hall–Kier alpha value is -3.32. The van der Waals surface area contributed by atoms with E-state index in [4.69, 9.17) is 4.74 Å². The molecule has 0 unspecified atom stereocenters. The second-order valence-electron chi connectivity index (χ2n) is 5.38. The van der Waals surface area contributed by atoms with E-state index in [0.717, 1.165) is 10.8 Å². The van der Waals surface area contributed by atoms with Crippen molar-refractivity contribution in [2.45, 2.75) is 0 Å². The van der Waals surface area contributed by atoms with Crippen molar-refractivity contribution in [1.29, 1.82) is 0 Å². The highest BCUT2D eigenvalue weighted by molar-refractivity contribution is 5.84. The molecule has 0 aromatic heterocycles. The number of hydrogen-bond acceptors (Lipinski definition) is 2. The highest BCUT2D eigenvalue weighted by atomic mass is 19.1. The highest BCUT2D eigenvalue weighted by Gasteiger charge is 2.02. The number of benzene rings is 3. The Morgan fingerprint density at radius 2 is 1.76 bits per heavy atom. The number of amides is 1. The Morgan fingerprint density at radius 1 is 1.00 bits per heavy atom. The van der Waals surface area contributed by atoms with Crippen LogP contribution < -0.4 is 10.1 Å². The molecule has 0 fully saturated rings. The van der Waals surface area contributed by atoms with Crippen molar-refractivity contribution in [3.8, 4) is 17.6 Å². The van der Waals surface area contributed by atoms with Gasteiger partial charge >= 0.3 is 0 Å². The van der Waals surface area contributed by atoms with Crippen LogP contribution in [-0.2, 0) is 4.79 Å². The molecule has 3 aromatic carbocycles. The molecular weight excluding hydrogens is 317 g/mol. The maximum absolute atomic E-state index is 12.8. The minimum Gasteiger partial charge on any atom is -0.484 e. The van der Waals surface area contributed by atoms with Crippen molar-refractivity contribution in [2.75, 3.05) is 13.2 Å². The fourth-order valence-electron chi connectivity index (χ4n) is 2.28. The lowest BCUT2D eigenvalue weighted by molar-refractivity contribution is -0.122. The average molecular weight is 333 g/mol. The lowest BCUT2D eigenvalue weighted by atomic mass is 10.1. The molecule has 4 heteroatoms. The Balaban J connectivity index is 1.47. The van der Waals surface area contributed by atoms with Crippen molar-refractivity contribution in [3.63, 3.8) is 0 Å². The van der Waals surface area contributed by atoms with E-state index in [9.17, 15) is 9.18 Å². The summed E-state index contributed by atoms with van der Waals surface area (Å²) < 4.78 is 18.3. The summed E-state index contributed by atoms with van der Waals surface area (Å²) in [6, 6.07) is 19.5. The van der Waals surface area contributed by atoms with Gasteiger partial charge in [0.15, 0.2) is 6.61 Å². The number of halogens is 1. The fourth-order valence-corrected chi connectivity index (χ4v) is 2.28. The molecule has 3 aromatic rings. The Labute approximate surface area is 145 Å². The predicted molar refractivity (Wildman–Crippen MR) is 95.7 cm³/mol. The van der Waals surface area contributed by atoms with Crippen LogP contribution in [-0.4, -0.2) is 19.1 Å². The Morgan fingerprint density at radius 3 is 2.56 bits per heavy atom. The van der Waals surface area contributed by atoms with E-state index in [2.05, 4.69) is 17.2 Å². The van der Waals surface area contributed by atoms with Crippen LogP contribution in [0.1, 0.15) is 5.56 Å². The summed E-state index contributed by atoms with van der Waals surface area (Å²) in [5.41, 5.74) is 0.697. The van der Waals surface area contributed by atoms with E-state index < -0.39 is 0 Å². The molecule has 0 atom stereocenters. The summed E-state index contributed by atoms with van der Waals surface area (Å²) in [7, 11) is 0. The maximum Gasteiger partial charge on any atom is 0.258 e. The molecule has 0 aliphatic heterocycles. The summed E-state index contributed by atoms with van der Waals surface area (Å²) in [6.45, 7) is 0.133. The number of carbonyl (C=O) groups is 1. The third-order valence-corrected chi connectivity index (χ3v) is 3.54. The SMILES string of the molecule is O=C(COc1ccc2ccccc2c1)NCC#Cc1ccc(F)cc1. The van der Waals surface area contributed by atoms with Gasteiger partial charge in [0, 0.05) is 5.56 Å². The van der Waals surface area contributed by atoms with Crippen molar-refractivity contribution < 1.29 is 13.9 Å². The van der Waals surface area contributed by atoms with Gasteiger partial charge in [0.25, 0.3) is 5.91 Å². The zero-order valence-electron chi connectivity index (χ0n) is 13.5. The third-order valence-electron chi connectivity index (χ3n) is 3.54. The third kappa shape index (κ3) is 4.82. The zero-order valence-corrected chi connectivity index (χ0v) is 13.5. The number of rotatable bonds is 4. The maximum atomic E-state index is 12.8. The minimum atomic E-state index is -0.301. The lowest BCUT2D eigenvalue weighted by Crippen LogP contribution is -2.29. The van der Waals surface area contributed by atoms with Crippen LogP contribution in [0.4, 0.5) is 4.39 Å². The summed E-state index contributed by atoms with van der Waals surface area (Å²) in [5, 5.41) is 4.84. The van der Waals surface area contributed by atoms with Crippen LogP contribution in [0.25, 0.3) is 10.8 Å². The van der Waals surface area contributed by atoms with Crippen LogP contribution in [0, 0.1) is 17.7 Å². The highest BCUT2D eigenvalue weighted by Crippen LogP contribution is 2.20. The molecule has 0 bridgehead atoms. The van der Waals surface area contributed by atoms with Gasteiger partial charge in [-0.15, -0.1) is 0 Å². The molecule has 0 spiro atoms. The Bertz CT molecular complexity index is 939. The van der Waals surface area contributed by atoms with Crippen molar-refractivity contribution >= 4 is 16.7 Å². The van der Waals surface area contributed by atoms with Gasteiger partial charge in [-0.25, -0.2) is 4.39 Å². The lowest BCUT2D eigenvalue weighted by Gasteiger charge is -2.07. The van der Waals surface area contributed by atoms with Crippen molar-refractivity contribution in [2.24, 2.45) is 0 Å². The first-order valence-electron chi connectivity index (χ1n) is 7.83. The Kier molecular flexibility index (Phi) is 5.28. The number of hydrogen-bond donors (Lipinski definition) is 1. The largest absolute Gasteiger partial charge is 0.484 e. The van der Waals surface area contributed by atoms with Gasteiger partial charge in [0.2, 0.25) is 0 Å². The second kappa shape index (κ2) is 7.98. The smallest absolute Gasteiger partial charge is 0.258 e. The van der Waals surface area contributed by atoms with Gasteiger partial charge in [-0.1, -0.05) is 42.2 Å². The van der Waals surface area contributed by atoms with Gasteiger partial charge in [0.1, 0.15) is 11.6 Å². The van der Waals surface area contributed by atoms with E-state index in [0.29, 0.717) is 11.3 Å². The number of ether oxygens (including phenoxy) is 1. The molecule has 0 aliphatic rings. The first kappa shape index (κ1) is 16.5. The molecule has 0 heterocycles. The van der Waals surface area contributed by atoms with E-state index in [1.54, 1.807) is 12.1 Å². The van der Waals surface area contributed by atoms with Crippen molar-refractivity contribution in [3.05, 3.63) is 78.1 Å². The molecule has 1 amide bonds. The molecule has 0 saturated carbocycles. The van der Waals surface area contributed by atoms with Crippen LogP contribution in [0.15, 0.2) is 66.7 Å². The quantitative estimate of drug-likeness (QED) is 0.742. The first-order chi connectivity index (χ1) is 12.2. The number of nitrogens with one attached hydrogen (secondary N) is 1. The van der Waals surface area contributed by atoms with E-state index in [1.807, 2.05) is 42.5 Å². The summed E-state index contributed by atoms with van der Waals surface area (Å²) in [4.78, 5) is 11.8. The summed E-state index contributed by atoms with van der Waals surface area (Å²) in [5.74, 6) is 5.76. The van der Waals surface area contributed by atoms with Crippen molar-refractivity contribution in [1.82, 2.24) is 5.32 Å². The molecule has 1 N–H and O–H groups in total. The minimum absolute atomic E-state index is 0.0728. The first-order valence-corrected chi connectivity index (χ1v) is 7.83. The molecule has 0 radical (unpaired) electrons. The zero-order chi connectivity index (χ0) is 17.5. The summed E-state index contributed by atoms with van der Waals surface area (Å²) >= 11 is 0. The van der Waals surface area contributed by atoms with Crippen LogP contribution in [0.5, 0.6) is 5.75 Å². The predicted octanol–water partition coefficient (Wildman–Crippen LogP) is 3.53. The van der Waals surface area contributed by atoms with Crippen LogP contribution >= 0.6 is 0 Å². The molecule has 25 heavy (non-hydrogen) atoms. The normalized spacial score (nSPS) is 9.96. The molecular formula is C21H16FNO2. The average Bonchev–Trinajstić information content (AvgIpc) is 2.65. The second-order valence-corrected chi connectivity index (χ2v) is 5.38. The molecule has 3 nitrogen and oxygen atoms in total. The standard InChI is InChI=1S/C21H16FNO2/c22-19-10-7-16(8-11-19)4-3-13-23-21(24)15-25-20-12-9-17-5-1-2-6-18(17)14-20/h1-2,5-12,14H,13,15H2,(H,23,24). The van der Waals surface area contributed by atoms with Crippen LogP contribution in [0.3, 0.4) is 0 Å². The molecule has 0 aliphatic carbocycles.